The van der Waals surface area contributed by atoms with Crippen molar-refractivity contribution < 1.29 is 9.53 Å². The summed E-state index contributed by atoms with van der Waals surface area (Å²) in [7, 11) is 0. The highest BCUT2D eigenvalue weighted by Gasteiger charge is 2.28. The maximum atomic E-state index is 12.7. The van der Waals surface area contributed by atoms with Crippen molar-refractivity contribution in [1.29, 1.82) is 0 Å². The topological polar surface area (TPSA) is 45.7 Å². The van der Waals surface area contributed by atoms with Crippen molar-refractivity contribution in [3.8, 4) is 5.75 Å². The Kier molecular flexibility index (Phi) is 7.45. The van der Waals surface area contributed by atoms with Gasteiger partial charge in [-0.1, -0.05) is 12.1 Å². The van der Waals surface area contributed by atoms with E-state index < -0.39 is 0 Å². The first-order valence-electron chi connectivity index (χ1n) is 10.2. The highest BCUT2D eigenvalue weighted by Crippen LogP contribution is 2.22. The third kappa shape index (κ3) is 5.55. The summed E-state index contributed by atoms with van der Waals surface area (Å²) in [6.45, 7) is 11.0. The average Bonchev–Trinajstić information content (AvgIpc) is 3.13. The summed E-state index contributed by atoms with van der Waals surface area (Å²) in [5.41, 5.74) is 2.20. The zero-order valence-corrected chi connectivity index (χ0v) is 18.0. The predicted molar refractivity (Wildman–Crippen MR) is 114 cm³/mol. The lowest BCUT2D eigenvalue weighted by Gasteiger charge is -2.34. The van der Waals surface area contributed by atoms with Gasteiger partial charge in [-0.05, 0) is 57.9 Å². The van der Waals surface area contributed by atoms with Gasteiger partial charge in [-0.3, -0.25) is 9.69 Å². The number of carbonyl (C=O) groups excluding carboxylic acids is 1. The molecular weight excluding hydrogens is 370 g/mol. The second-order valence-corrected chi connectivity index (χ2v) is 8.44. The zero-order chi connectivity index (χ0) is 19.9. The SMILES string of the molecule is CCN(CC)C(=O)C1CCCN(Cc2cccc(OCc3csc(C)n3)c2)C1. The van der Waals surface area contributed by atoms with E-state index in [1.54, 1.807) is 11.3 Å². The van der Waals surface area contributed by atoms with Gasteiger partial charge >= 0.3 is 0 Å². The summed E-state index contributed by atoms with van der Waals surface area (Å²) in [6, 6.07) is 8.27. The van der Waals surface area contributed by atoms with Gasteiger partial charge in [-0.2, -0.15) is 0 Å². The van der Waals surface area contributed by atoms with E-state index in [-0.39, 0.29) is 5.92 Å². The largest absolute Gasteiger partial charge is 0.487 e. The number of carbonyl (C=O) groups is 1. The van der Waals surface area contributed by atoms with Gasteiger partial charge in [-0.15, -0.1) is 11.3 Å². The second kappa shape index (κ2) is 10.0. The van der Waals surface area contributed by atoms with E-state index in [4.69, 9.17) is 4.74 Å². The fourth-order valence-corrected chi connectivity index (χ4v) is 4.42. The van der Waals surface area contributed by atoms with Crippen molar-refractivity contribution in [1.82, 2.24) is 14.8 Å². The maximum Gasteiger partial charge on any atom is 0.226 e. The Morgan fingerprint density at radius 2 is 2.18 bits per heavy atom. The van der Waals surface area contributed by atoms with E-state index in [1.807, 2.05) is 29.3 Å². The molecule has 1 aliphatic heterocycles. The molecule has 1 aliphatic rings. The summed E-state index contributed by atoms with van der Waals surface area (Å²) in [5, 5.41) is 3.10. The highest BCUT2D eigenvalue weighted by atomic mass is 32.1. The average molecular weight is 402 g/mol. The first-order chi connectivity index (χ1) is 13.6. The molecule has 0 N–H and O–H groups in total. The van der Waals surface area contributed by atoms with Gasteiger partial charge in [0.15, 0.2) is 0 Å². The number of rotatable bonds is 8. The molecule has 0 aliphatic carbocycles. The van der Waals surface area contributed by atoms with Crippen LogP contribution < -0.4 is 4.74 Å². The van der Waals surface area contributed by atoms with E-state index in [0.717, 1.165) is 62.0 Å². The van der Waals surface area contributed by atoms with Crippen LogP contribution in [0.25, 0.3) is 0 Å². The molecule has 0 spiro atoms. The summed E-state index contributed by atoms with van der Waals surface area (Å²) in [6.07, 6.45) is 2.08. The minimum atomic E-state index is 0.126. The predicted octanol–water partition coefficient (Wildman–Crippen LogP) is 4.11. The summed E-state index contributed by atoms with van der Waals surface area (Å²) in [4.78, 5) is 21.5. The summed E-state index contributed by atoms with van der Waals surface area (Å²) >= 11 is 1.64. The Morgan fingerprint density at radius 3 is 2.89 bits per heavy atom. The minimum Gasteiger partial charge on any atom is -0.487 e. The van der Waals surface area contributed by atoms with E-state index >= 15 is 0 Å². The van der Waals surface area contributed by atoms with Crippen LogP contribution in [0.2, 0.25) is 0 Å². The third-order valence-electron chi connectivity index (χ3n) is 5.29. The number of aromatic nitrogens is 1. The van der Waals surface area contributed by atoms with E-state index in [2.05, 4.69) is 35.9 Å². The molecule has 0 saturated carbocycles. The molecule has 2 heterocycles. The Bertz CT molecular complexity index is 773. The summed E-state index contributed by atoms with van der Waals surface area (Å²) < 4.78 is 5.92. The number of benzene rings is 1. The first kappa shape index (κ1) is 20.8. The van der Waals surface area contributed by atoms with E-state index in [0.29, 0.717) is 12.5 Å². The van der Waals surface area contributed by atoms with Gasteiger partial charge in [0.25, 0.3) is 0 Å². The molecule has 28 heavy (non-hydrogen) atoms. The van der Waals surface area contributed by atoms with Crippen LogP contribution in [0.15, 0.2) is 29.6 Å². The van der Waals surface area contributed by atoms with Gasteiger partial charge in [0.1, 0.15) is 12.4 Å². The second-order valence-electron chi connectivity index (χ2n) is 7.38. The molecule has 2 aromatic rings. The van der Waals surface area contributed by atoms with Crippen molar-refractivity contribution in [2.24, 2.45) is 5.92 Å². The fourth-order valence-electron chi connectivity index (χ4n) is 3.82. The minimum absolute atomic E-state index is 0.126. The van der Waals surface area contributed by atoms with Gasteiger partial charge in [-0.25, -0.2) is 4.98 Å². The van der Waals surface area contributed by atoms with Gasteiger partial charge in [0, 0.05) is 31.6 Å². The number of amides is 1. The van der Waals surface area contributed by atoms with Crippen LogP contribution in [0.1, 0.15) is 43.0 Å². The van der Waals surface area contributed by atoms with Gasteiger partial charge in [0.2, 0.25) is 5.91 Å². The van der Waals surface area contributed by atoms with Crippen LogP contribution >= 0.6 is 11.3 Å². The lowest BCUT2D eigenvalue weighted by molar-refractivity contribution is -0.137. The van der Waals surface area contributed by atoms with Crippen LogP contribution in [0.3, 0.4) is 0 Å². The molecule has 1 saturated heterocycles. The Morgan fingerprint density at radius 1 is 1.36 bits per heavy atom. The summed E-state index contributed by atoms with van der Waals surface area (Å²) in [5.74, 6) is 1.31. The number of thiazole rings is 1. The fraction of sp³-hybridized carbons (Fsp3) is 0.545. The van der Waals surface area contributed by atoms with Crippen LogP contribution in [0, 0.1) is 12.8 Å². The van der Waals surface area contributed by atoms with Crippen molar-refractivity contribution in [3.63, 3.8) is 0 Å². The number of ether oxygens (including phenoxy) is 1. The van der Waals surface area contributed by atoms with Crippen LogP contribution in [0.5, 0.6) is 5.75 Å². The standard InChI is InChI=1S/C22H31N3O2S/c1-4-25(5-2)22(26)19-9-7-11-24(14-19)13-18-8-6-10-21(12-18)27-15-20-16-28-17(3)23-20/h6,8,10,12,16,19H,4-5,7,9,11,13-15H2,1-3H3. The number of likely N-dealkylation sites (tertiary alicyclic amines) is 1. The maximum absolute atomic E-state index is 12.7. The molecule has 0 bridgehead atoms. The lowest BCUT2D eigenvalue weighted by Crippen LogP contribution is -2.44. The molecule has 1 amide bonds. The van der Waals surface area contributed by atoms with Crippen molar-refractivity contribution in [3.05, 3.63) is 45.9 Å². The molecule has 1 atom stereocenters. The lowest BCUT2D eigenvalue weighted by atomic mass is 9.96. The Hall–Kier alpha value is -1.92. The number of aryl methyl sites for hydroxylation is 1. The molecule has 0 radical (unpaired) electrons. The molecule has 1 aromatic carbocycles. The van der Waals surface area contributed by atoms with E-state index in [9.17, 15) is 4.79 Å². The molecule has 6 heteroatoms. The quantitative estimate of drug-likeness (QED) is 0.668. The smallest absolute Gasteiger partial charge is 0.226 e. The molecule has 5 nitrogen and oxygen atoms in total. The molecular formula is C22H31N3O2S. The zero-order valence-electron chi connectivity index (χ0n) is 17.2. The van der Waals surface area contributed by atoms with Crippen molar-refractivity contribution in [2.45, 2.75) is 46.8 Å². The third-order valence-corrected chi connectivity index (χ3v) is 6.11. The van der Waals surface area contributed by atoms with Crippen molar-refractivity contribution >= 4 is 17.2 Å². The number of piperidine rings is 1. The number of hydrogen-bond donors (Lipinski definition) is 0. The van der Waals surface area contributed by atoms with E-state index in [1.165, 1.54) is 5.56 Å². The monoisotopic (exact) mass is 401 g/mol. The highest BCUT2D eigenvalue weighted by molar-refractivity contribution is 7.09. The van der Waals surface area contributed by atoms with Crippen LogP contribution in [-0.4, -0.2) is 46.9 Å². The van der Waals surface area contributed by atoms with Crippen LogP contribution in [0.4, 0.5) is 0 Å². The molecule has 3 rings (SSSR count). The normalized spacial score (nSPS) is 17.5. The first-order valence-corrected chi connectivity index (χ1v) is 11.1. The van der Waals surface area contributed by atoms with Gasteiger partial charge in [0.05, 0.1) is 16.6 Å². The Balaban J connectivity index is 1.56. The number of nitrogens with zero attached hydrogens (tertiary/aromatic N) is 3. The molecule has 1 fully saturated rings. The Labute approximate surface area is 172 Å². The molecule has 1 unspecified atom stereocenters. The molecule has 1 aromatic heterocycles. The van der Waals surface area contributed by atoms with Crippen molar-refractivity contribution in [2.75, 3.05) is 26.2 Å². The van der Waals surface area contributed by atoms with Crippen LogP contribution in [-0.2, 0) is 17.9 Å². The molecule has 152 valence electrons. The van der Waals surface area contributed by atoms with Gasteiger partial charge < -0.3 is 9.64 Å². The number of hydrogen-bond acceptors (Lipinski definition) is 5.